The molecule has 0 rings (SSSR count). The van der Waals surface area contributed by atoms with Crippen molar-refractivity contribution in [2.45, 2.75) is 213 Å². The molecular formula is C42H84NO8P. The highest BCUT2D eigenvalue weighted by Gasteiger charge is 2.21. The molecule has 0 radical (unpaired) electrons. The fourth-order valence-corrected chi connectivity index (χ4v) is 6.91. The Morgan fingerprint density at radius 3 is 1.23 bits per heavy atom. The topological polar surface area (TPSA) is 111 Å². The Hall–Kier alpha value is -0.990. The molecule has 0 aliphatic heterocycles. The van der Waals surface area contributed by atoms with Crippen molar-refractivity contribution in [3.8, 4) is 0 Å². The zero-order chi connectivity index (χ0) is 38.6. The predicted octanol–water partition coefficient (Wildman–Crippen LogP) is 11.4. The molecule has 0 amide bonds. The van der Waals surface area contributed by atoms with Gasteiger partial charge >= 0.3 is 11.9 Å². The summed E-state index contributed by atoms with van der Waals surface area (Å²) in [5, 5.41) is 0. The molecular weight excluding hydrogens is 677 g/mol. The molecule has 0 N–H and O–H groups in total. The summed E-state index contributed by atoms with van der Waals surface area (Å²) in [6, 6.07) is 0. The number of hydrogen-bond donors (Lipinski definition) is 0. The summed E-state index contributed by atoms with van der Waals surface area (Å²) in [5.41, 5.74) is 0. The largest absolute Gasteiger partial charge is 0.756 e. The third-order valence-electron chi connectivity index (χ3n) is 9.63. The molecule has 0 aliphatic carbocycles. The first-order valence-corrected chi connectivity index (χ1v) is 23.2. The maximum atomic E-state index is 12.5. The van der Waals surface area contributed by atoms with Crippen molar-refractivity contribution >= 4 is 19.8 Å². The van der Waals surface area contributed by atoms with Crippen LogP contribution in [0.4, 0.5) is 0 Å². The van der Waals surface area contributed by atoms with E-state index < -0.39 is 26.5 Å². The van der Waals surface area contributed by atoms with Gasteiger partial charge < -0.3 is 27.9 Å². The first-order valence-electron chi connectivity index (χ1n) is 21.7. The van der Waals surface area contributed by atoms with Gasteiger partial charge in [-0.25, -0.2) is 0 Å². The van der Waals surface area contributed by atoms with Crippen molar-refractivity contribution in [2.24, 2.45) is 0 Å². The van der Waals surface area contributed by atoms with Crippen molar-refractivity contribution in [1.29, 1.82) is 0 Å². The number of hydrogen-bond acceptors (Lipinski definition) is 8. The standard InChI is InChI=1S/C42H84NO8P/c1-6-8-10-12-14-15-16-17-18-19-20-21-22-23-24-25-26-27-29-30-32-34-41(44)48-38-40(39-50-52(46,47)49-37-36-43(3,4)5)51-42(45)35-33-31-28-13-11-9-7-2/h40H,6-39H2,1-5H3/t40-/m0/s1. The lowest BCUT2D eigenvalue weighted by molar-refractivity contribution is -0.870. The van der Waals surface area contributed by atoms with Gasteiger partial charge in [0.15, 0.2) is 6.10 Å². The van der Waals surface area contributed by atoms with Gasteiger partial charge in [0, 0.05) is 12.8 Å². The van der Waals surface area contributed by atoms with Crippen molar-refractivity contribution in [2.75, 3.05) is 47.5 Å². The molecule has 0 fully saturated rings. The van der Waals surface area contributed by atoms with E-state index in [-0.39, 0.29) is 32.0 Å². The molecule has 0 saturated carbocycles. The third-order valence-corrected chi connectivity index (χ3v) is 10.6. The van der Waals surface area contributed by atoms with E-state index in [2.05, 4.69) is 13.8 Å². The number of ether oxygens (including phenoxy) is 2. The van der Waals surface area contributed by atoms with Crippen LogP contribution in [0.3, 0.4) is 0 Å². The maximum Gasteiger partial charge on any atom is 0.306 e. The first kappa shape index (κ1) is 51.0. The number of likely N-dealkylation sites (N-methyl/N-ethyl adjacent to an activating group) is 1. The summed E-state index contributed by atoms with van der Waals surface area (Å²) in [6.07, 6.45) is 34.4. The Balaban J connectivity index is 4.10. The summed E-state index contributed by atoms with van der Waals surface area (Å²) in [5.74, 6) is -0.829. The molecule has 0 aromatic carbocycles. The van der Waals surface area contributed by atoms with Crippen LogP contribution >= 0.6 is 7.82 Å². The van der Waals surface area contributed by atoms with E-state index in [0.29, 0.717) is 17.4 Å². The van der Waals surface area contributed by atoms with Crippen LogP contribution in [0.5, 0.6) is 0 Å². The number of phosphoric ester groups is 1. The van der Waals surface area contributed by atoms with Crippen molar-refractivity contribution in [3.05, 3.63) is 0 Å². The molecule has 0 saturated heterocycles. The highest BCUT2D eigenvalue weighted by atomic mass is 31.2. The first-order chi connectivity index (χ1) is 25.0. The quantitative estimate of drug-likeness (QED) is 0.0263. The molecule has 0 aliphatic rings. The van der Waals surface area contributed by atoms with Crippen LogP contribution in [-0.2, 0) is 32.7 Å². The van der Waals surface area contributed by atoms with Crippen LogP contribution < -0.4 is 4.89 Å². The summed E-state index contributed by atoms with van der Waals surface area (Å²) in [4.78, 5) is 37.3. The normalized spacial score (nSPS) is 13.6. The van der Waals surface area contributed by atoms with E-state index in [1.54, 1.807) is 0 Å². The van der Waals surface area contributed by atoms with E-state index in [4.69, 9.17) is 18.5 Å². The monoisotopic (exact) mass is 762 g/mol. The van der Waals surface area contributed by atoms with E-state index in [1.165, 1.54) is 135 Å². The van der Waals surface area contributed by atoms with Crippen LogP contribution in [0.1, 0.15) is 206 Å². The number of rotatable bonds is 40. The highest BCUT2D eigenvalue weighted by molar-refractivity contribution is 7.45. The SMILES string of the molecule is CCCCCCCCCCCCCCCCCCCCCCCC(=O)OC[C@@H](COP(=O)([O-])OCC[N+](C)(C)C)OC(=O)CCCCCCCCC. The van der Waals surface area contributed by atoms with Gasteiger partial charge in [0.25, 0.3) is 7.82 Å². The molecule has 1 unspecified atom stereocenters. The van der Waals surface area contributed by atoms with Gasteiger partial charge in [0.2, 0.25) is 0 Å². The van der Waals surface area contributed by atoms with Crippen LogP contribution in [-0.4, -0.2) is 70.0 Å². The molecule has 0 bridgehead atoms. The minimum Gasteiger partial charge on any atom is -0.756 e. The molecule has 0 aromatic heterocycles. The van der Waals surface area contributed by atoms with Gasteiger partial charge in [-0.2, -0.15) is 0 Å². The number of carbonyl (C=O) groups excluding carboxylic acids is 2. The summed E-state index contributed by atoms with van der Waals surface area (Å²) in [7, 11) is 1.18. The van der Waals surface area contributed by atoms with Gasteiger partial charge in [-0.1, -0.05) is 181 Å². The molecule has 9 nitrogen and oxygen atoms in total. The Morgan fingerprint density at radius 1 is 0.519 bits per heavy atom. The molecule has 10 heteroatoms. The second-order valence-electron chi connectivity index (χ2n) is 16.1. The van der Waals surface area contributed by atoms with E-state index >= 15 is 0 Å². The lowest BCUT2D eigenvalue weighted by Gasteiger charge is -2.28. The van der Waals surface area contributed by atoms with Gasteiger partial charge in [-0.3, -0.25) is 14.2 Å². The molecule has 310 valence electrons. The van der Waals surface area contributed by atoms with Gasteiger partial charge in [0.1, 0.15) is 19.8 Å². The molecule has 0 spiro atoms. The van der Waals surface area contributed by atoms with E-state index in [1.807, 2.05) is 21.1 Å². The smallest absolute Gasteiger partial charge is 0.306 e. The second-order valence-corrected chi connectivity index (χ2v) is 17.5. The van der Waals surface area contributed by atoms with Crippen LogP contribution in [0.25, 0.3) is 0 Å². The average molecular weight is 762 g/mol. The Labute approximate surface area is 321 Å². The fourth-order valence-electron chi connectivity index (χ4n) is 6.18. The predicted molar refractivity (Wildman–Crippen MR) is 213 cm³/mol. The zero-order valence-corrected chi connectivity index (χ0v) is 35.7. The Kier molecular flexibility index (Phi) is 35.0. The number of esters is 2. The van der Waals surface area contributed by atoms with Gasteiger partial charge in [-0.15, -0.1) is 0 Å². The zero-order valence-electron chi connectivity index (χ0n) is 34.8. The maximum absolute atomic E-state index is 12.5. The number of unbranched alkanes of at least 4 members (excludes halogenated alkanes) is 26. The van der Waals surface area contributed by atoms with Crippen LogP contribution in [0, 0.1) is 0 Å². The third kappa shape index (κ3) is 38.7. The van der Waals surface area contributed by atoms with E-state index in [9.17, 15) is 19.0 Å². The van der Waals surface area contributed by atoms with Crippen molar-refractivity contribution in [3.63, 3.8) is 0 Å². The summed E-state index contributed by atoms with van der Waals surface area (Å²) < 4.78 is 33.7. The van der Waals surface area contributed by atoms with E-state index in [0.717, 1.165) is 38.5 Å². The lowest BCUT2D eigenvalue weighted by atomic mass is 10.0. The van der Waals surface area contributed by atoms with Gasteiger partial charge in [0.05, 0.1) is 27.7 Å². The Bertz CT molecular complexity index is 865. The van der Waals surface area contributed by atoms with Gasteiger partial charge in [-0.05, 0) is 12.8 Å². The highest BCUT2D eigenvalue weighted by Crippen LogP contribution is 2.38. The summed E-state index contributed by atoms with van der Waals surface area (Å²) in [6.45, 7) is 4.20. The number of phosphoric acid groups is 1. The minimum absolute atomic E-state index is 0.0263. The second kappa shape index (κ2) is 35.7. The lowest BCUT2D eigenvalue weighted by Crippen LogP contribution is -2.37. The van der Waals surface area contributed by atoms with Crippen molar-refractivity contribution < 1.29 is 42.1 Å². The molecule has 52 heavy (non-hydrogen) atoms. The van der Waals surface area contributed by atoms with Crippen LogP contribution in [0.15, 0.2) is 0 Å². The molecule has 2 atom stereocenters. The number of quaternary nitrogens is 1. The average Bonchev–Trinajstić information content (AvgIpc) is 3.09. The Morgan fingerprint density at radius 2 is 0.865 bits per heavy atom. The molecule has 0 aromatic rings. The number of carbonyl (C=O) groups is 2. The minimum atomic E-state index is -4.61. The molecule has 0 heterocycles. The van der Waals surface area contributed by atoms with Crippen molar-refractivity contribution in [1.82, 2.24) is 0 Å². The number of nitrogens with zero attached hydrogens (tertiary/aromatic N) is 1. The fraction of sp³-hybridized carbons (Fsp3) is 0.952. The summed E-state index contributed by atoms with van der Waals surface area (Å²) >= 11 is 0. The van der Waals surface area contributed by atoms with Crippen LogP contribution in [0.2, 0.25) is 0 Å².